The number of rotatable bonds is 4. The fraction of sp³-hybridized carbons (Fsp3) is 0.188. The monoisotopic (exact) mass is 367 g/mol. The number of hydrogen-bond donors (Lipinski definition) is 1. The molecule has 0 aliphatic rings. The lowest BCUT2D eigenvalue weighted by Crippen LogP contribution is -2.20. The Morgan fingerprint density at radius 2 is 1.95 bits per heavy atom. The van der Waals surface area contributed by atoms with E-state index in [1.54, 1.807) is 12.1 Å². The van der Waals surface area contributed by atoms with Crippen molar-refractivity contribution < 1.29 is 9.53 Å². The molecule has 110 valence electrons. The van der Waals surface area contributed by atoms with Crippen LogP contribution in [0.15, 0.2) is 40.9 Å². The Balaban J connectivity index is 1.97. The van der Waals surface area contributed by atoms with Gasteiger partial charge in [-0.15, -0.1) is 0 Å². The van der Waals surface area contributed by atoms with Crippen molar-refractivity contribution in [2.75, 3.05) is 11.9 Å². The minimum Gasteiger partial charge on any atom is -0.483 e. The van der Waals surface area contributed by atoms with Gasteiger partial charge in [-0.05, 0) is 55.3 Å². The van der Waals surface area contributed by atoms with Crippen molar-refractivity contribution in [3.05, 3.63) is 57.0 Å². The van der Waals surface area contributed by atoms with E-state index in [0.717, 1.165) is 15.6 Å². The van der Waals surface area contributed by atoms with Gasteiger partial charge in [0.2, 0.25) is 0 Å². The molecule has 0 heterocycles. The van der Waals surface area contributed by atoms with Gasteiger partial charge in [0, 0.05) is 15.2 Å². The second kappa shape index (κ2) is 6.96. The molecule has 3 nitrogen and oxygen atoms in total. The Kier molecular flexibility index (Phi) is 5.26. The first kappa shape index (κ1) is 15.9. The molecule has 2 aromatic carbocycles. The van der Waals surface area contributed by atoms with Crippen molar-refractivity contribution in [2.24, 2.45) is 0 Å². The Morgan fingerprint density at radius 3 is 2.67 bits per heavy atom. The summed E-state index contributed by atoms with van der Waals surface area (Å²) in [6.07, 6.45) is 0. The molecule has 21 heavy (non-hydrogen) atoms. The summed E-state index contributed by atoms with van der Waals surface area (Å²) in [5.74, 6) is 0.471. The summed E-state index contributed by atoms with van der Waals surface area (Å²) in [6, 6.07) is 11.0. The van der Waals surface area contributed by atoms with Gasteiger partial charge in [-0.3, -0.25) is 4.79 Å². The van der Waals surface area contributed by atoms with Crippen LogP contribution in [0, 0.1) is 13.8 Å². The molecule has 2 rings (SSSR count). The van der Waals surface area contributed by atoms with E-state index in [4.69, 9.17) is 16.3 Å². The highest BCUT2D eigenvalue weighted by molar-refractivity contribution is 9.10. The lowest BCUT2D eigenvalue weighted by molar-refractivity contribution is -0.118. The zero-order valence-electron chi connectivity index (χ0n) is 11.7. The van der Waals surface area contributed by atoms with E-state index in [2.05, 4.69) is 21.2 Å². The van der Waals surface area contributed by atoms with E-state index >= 15 is 0 Å². The summed E-state index contributed by atoms with van der Waals surface area (Å²) in [5.41, 5.74) is 2.62. The second-order valence-corrected chi connectivity index (χ2v) is 6.06. The molecule has 0 aromatic heterocycles. The van der Waals surface area contributed by atoms with Gasteiger partial charge in [-0.1, -0.05) is 33.6 Å². The van der Waals surface area contributed by atoms with E-state index in [0.29, 0.717) is 16.5 Å². The Labute approximate surface area is 137 Å². The van der Waals surface area contributed by atoms with Crippen LogP contribution in [-0.2, 0) is 4.79 Å². The fourth-order valence-corrected chi connectivity index (χ4v) is 2.48. The smallest absolute Gasteiger partial charge is 0.262 e. The first-order valence-electron chi connectivity index (χ1n) is 6.40. The van der Waals surface area contributed by atoms with Gasteiger partial charge in [-0.25, -0.2) is 0 Å². The predicted octanol–water partition coefficient (Wildman–Crippen LogP) is 4.74. The summed E-state index contributed by atoms with van der Waals surface area (Å²) < 4.78 is 6.51. The van der Waals surface area contributed by atoms with E-state index in [1.807, 2.05) is 38.1 Å². The van der Waals surface area contributed by atoms with Gasteiger partial charge in [-0.2, -0.15) is 0 Å². The van der Waals surface area contributed by atoms with Crippen LogP contribution in [0.2, 0.25) is 5.02 Å². The molecule has 0 aliphatic heterocycles. The van der Waals surface area contributed by atoms with Crippen molar-refractivity contribution in [2.45, 2.75) is 13.8 Å². The van der Waals surface area contributed by atoms with Crippen molar-refractivity contribution in [1.82, 2.24) is 0 Å². The Morgan fingerprint density at radius 1 is 1.19 bits per heavy atom. The predicted molar refractivity (Wildman–Crippen MR) is 89.2 cm³/mol. The maximum absolute atomic E-state index is 11.9. The number of benzene rings is 2. The first-order valence-corrected chi connectivity index (χ1v) is 7.58. The zero-order valence-corrected chi connectivity index (χ0v) is 14.1. The molecule has 0 bridgehead atoms. The number of anilines is 1. The third kappa shape index (κ3) is 4.48. The van der Waals surface area contributed by atoms with Gasteiger partial charge >= 0.3 is 0 Å². The number of hydrogen-bond acceptors (Lipinski definition) is 2. The lowest BCUT2D eigenvalue weighted by atomic mass is 10.2. The molecular weight excluding hydrogens is 354 g/mol. The minimum absolute atomic E-state index is 0.0472. The van der Waals surface area contributed by atoms with Crippen LogP contribution in [0.25, 0.3) is 0 Å². The van der Waals surface area contributed by atoms with Crippen molar-refractivity contribution in [3.63, 3.8) is 0 Å². The highest BCUT2D eigenvalue weighted by Crippen LogP contribution is 2.23. The highest BCUT2D eigenvalue weighted by Gasteiger charge is 2.08. The highest BCUT2D eigenvalue weighted by atomic mass is 79.9. The average Bonchev–Trinajstić information content (AvgIpc) is 2.42. The number of carbonyl (C=O) groups is 1. The number of amides is 1. The van der Waals surface area contributed by atoms with Crippen LogP contribution in [-0.4, -0.2) is 12.5 Å². The molecule has 0 fully saturated rings. The normalized spacial score (nSPS) is 10.3. The largest absolute Gasteiger partial charge is 0.483 e. The van der Waals surface area contributed by atoms with Crippen LogP contribution in [0.5, 0.6) is 5.75 Å². The average molecular weight is 369 g/mol. The fourth-order valence-electron chi connectivity index (χ4n) is 1.83. The molecule has 2 aromatic rings. The Bertz CT molecular complexity index is 673. The molecule has 0 aliphatic carbocycles. The van der Waals surface area contributed by atoms with E-state index < -0.39 is 0 Å². The SMILES string of the molecule is Cc1ccc(Cl)cc1NC(=O)COc1ccc(Br)cc1C. The molecule has 0 saturated carbocycles. The number of aryl methyl sites for hydroxylation is 2. The van der Waals surface area contributed by atoms with Crippen LogP contribution in [0.1, 0.15) is 11.1 Å². The topological polar surface area (TPSA) is 38.3 Å². The van der Waals surface area contributed by atoms with Gasteiger partial charge in [0.15, 0.2) is 6.61 Å². The van der Waals surface area contributed by atoms with E-state index in [-0.39, 0.29) is 12.5 Å². The van der Waals surface area contributed by atoms with Crippen molar-refractivity contribution >= 4 is 39.1 Å². The minimum atomic E-state index is -0.220. The van der Waals surface area contributed by atoms with Crippen LogP contribution in [0.3, 0.4) is 0 Å². The Hall–Kier alpha value is -1.52. The maximum Gasteiger partial charge on any atom is 0.262 e. The van der Waals surface area contributed by atoms with Gasteiger partial charge < -0.3 is 10.1 Å². The summed E-state index contributed by atoms with van der Waals surface area (Å²) in [7, 11) is 0. The standard InChI is InChI=1S/C16H15BrClNO2/c1-10-3-5-13(18)8-14(10)19-16(20)9-21-15-6-4-12(17)7-11(15)2/h3-8H,9H2,1-2H3,(H,19,20). The third-order valence-electron chi connectivity index (χ3n) is 2.97. The van der Waals surface area contributed by atoms with Gasteiger partial charge in [0.1, 0.15) is 5.75 Å². The molecule has 5 heteroatoms. The van der Waals surface area contributed by atoms with Crippen LogP contribution < -0.4 is 10.1 Å². The second-order valence-electron chi connectivity index (χ2n) is 4.71. The number of nitrogens with one attached hydrogen (secondary N) is 1. The molecular formula is C16H15BrClNO2. The molecule has 1 N–H and O–H groups in total. The molecule has 1 amide bonds. The lowest BCUT2D eigenvalue weighted by Gasteiger charge is -2.11. The quantitative estimate of drug-likeness (QED) is 0.846. The first-order chi connectivity index (χ1) is 9.95. The third-order valence-corrected chi connectivity index (χ3v) is 3.70. The van der Waals surface area contributed by atoms with Crippen molar-refractivity contribution in [1.29, 1.82) is 0 Å². The molecule has 0 saturated heterocycles. The summed E-state index contributed by atoms with van der Waals surface area (Å²) >= 11 is 9.31. The molecule has 0 unspecified atom stereocenters. The van der Waals surface area contributed by atoms with E-state index in [1.165, 1.54) is 0 Å². The van der Waals surface area contributed by atoms with E-state index in [9.17, 15) is 4.79 Å². The van der Waals surface area contributed by atoms with Gasteiger partial charge in [0.25, 0.3) is 5.91 Å². The zero-order chi connectivity index (χ0) is 15.4. The summed E-state index contributed by atoms with van der Waals surface area (Å²) in [4.78, 5) is 11.9. The number of ether oxygens (including phenoxy) is 1. The molecule has 0 spiro atoms. The van der Waals surface area contributed by atoms with Gasteiger partial charge in [0.05, 0.1) is 0 Å². The van der Waals surface area contributed by atoms with Crippen LogP contribution >= 0.6 is 27.5 Å². The van der Waals surface area contributed by atoms with Crippen molar-refractivity contribution in [3.8, 4) is 5.75 Å². The summed E-state index contributed by atoms with van der Waals surface area (Å²) in [6.45, 7) is 3.79. The summed E-state index contributed by atoms with van der Waals surface area (Å²) in [5, 5.41) is 3.38. The maximum atomic E-state index is 11.9. The number of halogens is 2. The van der Waals surface area contributed by atoms with Crippen LogP contribution in [0.4, 0.5) is 5.69 Å². The molecule has 0 atom stereocenters. The number of carbonyl (C=O) groups excluding carboxylic acids is 1. The molecule has 0 radical (unpaired) electrons.